The van der Waals surface area contributed by atoms with Crippen molar-refractivity contribution in [3.63, 3.8) is 0 Å². The van der Waals surface area contributed by atoms with E-state index in [1.165, 1.54) is 0 Å². The molecule has 0 aromatic heterocycles. The van der Waals surface area contributed by atoms with E-state index in [1.807, 2.05) is 0 Å². The van der Waals surface area contributed by atoms with Gasteiger partial charge >= 0.3 is 0 Å². The third-order valence-corrected chi connectivity index (χ3v) is 12.4. The summed E-state index contributed by atoms with van der Waals surface area (Å²) in [4.78, 5) is 12.9. The van der Waals surface area contributed by atoms with Crippen LogP contribution in [-0.4, -0.2) is 27.7 Å². The fraction of sp³-hybridized carbons (Fsp3) is 0.967. The Morgan fingerprint density at radius 1 is 1.00 bits per heavy atom. The van der Waals surface area contributed by atoms with Gasteiger partial charge in [0, 0.05) is 11.8 Å². The van der Waals surface area contributed by atoms with Crippen molar-refractivity contribution < 1.29 is 15.0 Å². The molecule has 0 amide bonds. The molecule has 2 N–H and O–H groups in total. The van der Waals surface area contributed by atoms with E-state index in [0.29, 0.717) is 30.0 Å². The first-order valence-corrected chi connectivity index (χ1v) is 14.0. The van der Waals surface area contributed by atoms with Crippen LogP contribution in [0.3, 0.4) is 0 Å². The number of Topliss-reactive ketones (excluding diaryl/α,β-unsaturated/α-hetero) is 1. The van der Waals surface area contributed by atoms with Crippen molar-refractivity contribution in [1.29, 1.82) is 0 Å². The summed E-state index contributed by atoms with van der Waals surface area (Å²) in [6.07, 6.45) is 9.61. The molecular formula is C30H52O3. The molecule has 4 saturated carbocycles. The molecule has 0 aliphatic heterocycles. The lowest BCUT2D eigenvalue weighted by Gasteiger charge is -2.69. The number of carbonyl (C=O) groups excluding carboxylic acids is 1. The Balaban J connectivity index is 1.65. The molecule has 9 atom stereocenters. The van der Waals surface area contributed by atoms with Crippen LogP contribution in [0.1, 0.15) is 120 Å². The third-order valence-electron chi connectivity index (χ3n) is 12.4. The van der Waals surface area contributed by atoms with Crippen LogP contribution < -0.4 is 0 Å². The zero-order valence-electron chi connectivity index (χ0n) is 22.8. The summed E-state index contributed by atoms with van der Waals surface area (Å²) in [5, 5.41) is 23.4. The summed E-state index contributed by atoms with van der Waals surface area (Å²) in [6.45, 7) is 18.4. The topological polar surface area (TPSA) is 57.5 Å². The van der Waals surface area contributed by atoms with Crippen molar-refractivity contribution in [1.82, 2.24) is 0 Å². The number of ketones is 1. The number of hydrogen-bond acceptors (Lipinski definition) is 3. The van der Waals surface area contributed by atoms with Crippen molar-refractivity contribution in [2.24, 2.45) is 51.2 Å². The van der Waals surface area contributed by atoms with Crippen molar-refractivity contribution in [2.75, 3.05) is 0 Å². The first kappa shape index (κ1) is 25.7. The molecule has 4 aliphatic rings. The molecule has 0 heterocycles. The average molecular weight is 461 g/mol. The molecule has 4 aliphatic carbocycles. The van der Waals surface area contributed by atoms with E-state index < -0.39 is 5.60 Å². The summed E-state index contributed by atoms with van der Waals surface area (Å²) < 4.78 is 0. The largest absolute Gasteiger partial charge is 0.393 e. The van der Waals surface area contributed by atoms with Gasteiger partial charge < -0.3 is 10.2 Å². The number of hydrogen-bond donors (Lipinski definition) is 2. The summed E-state index contributed by atoms with van der Waals surface area (Å²) in [5.41, 5.74) is -0.655. The SMILES string of the molecule is CC(C)CCC[C@@](C)(O)[C@H]1CC[C@]2(C)[C@@H]1[C@H](O)C[C@@H]1[C@@]3(C)CCC(=O)C(C)(C)[C@@H]3CC[C@]12C. The van der Waals surface area contributed by atoms with E-state index >= 15 is 0 Å². The highest BCUT2D eigenvalue weighted by atomic mass is 16.3. The van der Waals surface area contributed by atoms with Crippen LogP contribution in [0.2, 0.25) is 0 Å². The summed E-state index contributed by atoms with van der Waals surface area (Å²) in [7, 11) is 0. The predicted octanol–water partition coefficient (Wildman–Crippen LogP) is 6.79. The van der Waals surface area contributed by atoms with E-state index in [4.69, 9.17) is 0 Å². The minimum atomic E-state index is -0.707. The maximum atomic E-state index is 12.9. The molecule has 33 heavy (non-hydrogen) atoms. The fourth-order valence-corrected chi connectivity index (χ4v) is 10.3. The van der Waals surface area contributed by atoms with E-state index in [-0.39, 0.29) is 39.6 Å². The molecular weight excluding hydrogens is 408 g/mol. The van der Waals surface area contributed by atoms with Crippen LogP contribution >= 0.6 is 0 Å². The molecule has 0 bridgehead atoms. The second-order valence-electron chi connectivity index (χ2n) is 14.7. The van der Waals surface area contributed by atoms with Crippen molar-refractivity contribution in [3.05, 3.63) is 0 Å². The predicted molar refractivity (Wildman–Crippen MR) is 135 cm³/mol. The van der Waals surface area contributed by atoms with Gasteiger partial charge in [-0.1, -0.05) is 61.3 Å². The Hall–Kier alpha value is -0.410. The van der Waals surface area contributed by atoms with Gasteiger partial charge in [-0.2, -0.15) is 0 Å². The maximum Gasteiger partial charge on any atom is 0.138 e. The van der Waals surface area contributed by atoms with Crippen LogP contribution in [-0.2, 0) is 4.79 Å². The van der Waals surface area contributed by atoms with E-state index in [0.717, 1.165) is 57.8 Å². The molecule has 190 valence electrons. The van der Waals surface area contributed by atoms with Crippen molar-refractivity contribution in [3.8, 4) is 0 Å². The molecule has 0 aromatic carbocycles. The van der Waals surface area contributed by atoms with Crippen molar-refractivity contribution in [2.45, 2.75) is 131 Å². The molecule has 0 saturated heterocycles. The zero-order valence-corrected chi connectivity index (χ0v) is 22.8. The van der Waals surface area contributed by atoms with Crippen LogP contribution in [0, 0.1) is 51.2 Å². The number of fused-ring (bicyclic) bond motifs is 5. The monoisotopic (exact) mass is 460 g/mol. The van der Waals surface area contributed by atoms with E-state index in [1.54, 1.807) is 0 Å². The first-order chi connectivity index (χ1) is 15.1. The van der Waals surface area contributed by atoms with E-state index in [2.05, 4.69) is 55.4 Å². The summed E-state index contributed by atoms with van der Waals surface area (Å²) in [6, 6.07) is 0. The Labute approximate surface area is 203 Å². The fourth-order valence-electron chi connectivity index (χ4n) is 10.3. The standard InChI is InChI=1S/C30H52O3/c1-19(2)10-9-14-30(8,33)20-11-16-29(7)25(20)21(31)18-23-27(5)15-13-24(32)26(3,4)22(27)12-17-28(23,29)6/h19-23,25,31,33H,9-18H2,1-8H3/t20-,21+,22-,23+,25-,27-,28+,29+,30+/m0/s1. The van der Waals surface area contributed by atoms with Gasteiger partial charge in [0.05, 0.1) is 11.7 Å². The normalized spacial score (nSPS) is 48.7. The van der Waals surface area contributed by atoms with Gasteiger partial charge in [-0.25, -0.2) is 0 Å². The number of aliphatic hydroxyl groups is 2. The molecule has 3 nitrogen and oxygen atoms in total. The molecule has 4 fully saturated rings. The second kappa shape index (κ2) is 8.05. The lowest BCUT2D eigenvalue weighted by atomic mass is 9.35. The third kappa shape index (κ3) is 3.61. The minimum absolute atomic E-state index is 0.0433. The van der Waals surface area contributed by atoms with Gasteiger partial charge in [0.15, 0.2) is 0 Å². The highest BCUT2D eigenvalue weighted by Crippen LogP contribution is 2.75. The Kier molecular flexibility index (Phi) is 6.26. The summed E-state index contributed by atoms with van der Waals surface area (Å²) in [5.74, 6) is 2.30. The number of aliphatic hydroxyl groups excluding tert-OH is 1. The van der Waals surface area contributed by atoms with Crippen LogP contribution in [0.4, 0.5) is 0 Å². The lowest BCUT2D eigenvalue weighted by Crippen LogP contribution is -2.66. The van der Waals surface area contributed by atoms with Gasteiger partial charge in [0.25, 0.3) is 0 Å². The van der Waals surface area contributed by atoms with Gasteiger partial charge in [-0.05, 0) is 97.7 Å². The smallest absolute Gasteiger partial charge is 0.138 e. The first-order valence-electron chi connectivity index (χ1n) is 14.0. The number of carbonyl (C=O) groups is 1. The quantitative estimate of drug-likeness (QED) is 0.475. The second-order valence-corrected chi connectivity index (χ2v) is 14.7. The van der Waals surface area contributed by atoms with Gasteiger partial charge in [0.2, 0.25) is 0 Å². The average Bonchev–Trinajstić information content (AvgIpc) is 3.08. The van der Waals surface area contributed by atoms with Crippen LogP contribution in [0.25, 0.3) is 0 Å². The molecule has 4 rings (SSSR count). The molecule has 3 heteroatoms. The molecule has 0 aromatic rings. The molecule has 0 unspecified atom stereocenters. The molecule has 0 radical (unpaired) electrons. The Bertz CT molecular complexity index is 769. The van der Waals surface area contributed by atoms with E-state index in [9.17, 15) is 15.0 Å². The van der Waals surface area contributed by atoms with Crippen molar-refractivity contribution >= 4 is 5.78 Å². The Morgan fingerprint density at radius 3 is 2.27 bits per heavy atom. The highest BCUT2D eigenvalue weighted by molar-refractivity contribution is 5.85. The van der Waals surface area contributed by atoms with Gasteiger partial charge in [-0.15, -0.1) is 0 Å². The highest BCUT2D eigenvalue weighted by Gasteiger charge is 2.71. The number of rotatable bonds is 5. The Morgan fingerprint density at radius 2 is 1.64 bits per heavy atom. The van der Waals surface area contributed by atoms with Crippen LogP contribution in [0.15, 0.2) is 0 Å². The zero-order chi connectivity index (χ0) is 24.6. The van der Waals surface area contributed by atoms with Crippen LogP contribution in [0.5, 0.6) is 0 Å². The lowest BCUT2D eigenvalue weighted by molar-refractivity contribution is -0.232. The molecule has 0 spiro atoms. The minimum Gasteiger partial charge on any atom is -0.393 e. The maximum absolute atomic E-state index is 12.9. The van der Waals surface area contributed by atoms with Gasteiger partial charge in [0.1, 0.15) is 5.78 Å². The van der Waals surface area contributed by atoms with Gasteiger partial charge in [-0.3, -0.25) is 4.79 Å². The summed E-state index contributed by atoms with van der Waals surface area (Å²) >= 11 is 0.